The minimum Gasteiger partial charge on any atom is -0.310 e. The molecule has 0 radical (unpaired) electrons. The molecule has 0 atom stereocenters. The summed E-state index contributed by atoms with van der Waals surface area (Å²) in [6.07, 6.45) is 0. The van der Waals surface area contributed by atoms with Crippen LogP contribution in [0.5, 0.6) is 0 Å². The van der Waals surface area contributed by atoms with E-state index in [-0.39, 0.29) is 5.41 Å². The number of anilines is 3. The molecule has 0 spiro atoms. The van der Waals surface area contributed by atoms with Crippen molar-refractivity contribution in [3.05, 3.63) is 296 Å². The zero-order chi connectivity index (χ0) is 51.9. The summed E-state index contributed by atoms with van der Waals surface area (Å²) in [6, 6.07) is 105. The topological polar surface area (TPSA) is 13.1 Å². The Morgan fingerprint density at radius 1 is 0.295 bits per heavy atom. The molecule has 0 saturated carbocycles. The average Bonchev–Trinajstić information content (AvgIpc) is 4.34. The predicted molar refractivity (Wildman–Crippen MR) is 329 cm³/mol. The van der Waals surface area contributed by atoms with Gasteiger partial charge in [-0.2, -0.15) is 0 Å². The second kappa shape index (κ2) is 18.1. The molecule has 0 aliphatic heterocycles. The molecule has 78 heavy (non-hydrogen) atoms. The second-order valence-corrected chi connectivity index (χ2v) is 21.2. The van der Waals surface area contributed by atoms with E-state index in [1.54, 1.807) is 0 Å². The SMILES string of the molecule is CC1(C)c2cc(-c3cccc4c3ccc3c(-c5ccccc5)c(-c5ccccc5)n(-c5ccccc5)c34)ccc2-c2ccc(N(c3ccc(-c4ccccc4)cc3)c3ccc4c(c3)c3ccccc3n4-c3ccccc3)cc21. The largest absolute Gasteiger partial charge is 0.310 e. The van der Waals surface area contributed by atoms with Gasteiger partial charge < -0.3 is 14.0 Å². The minimum absolute atomic E-state index is 0.290. The summed E-state index contributed by atoms with van der Waals surface area (Å²) in [6.45, 7) is 4.81. The zero-order valence-corrected chi connectivity index (χ0v) is 43.5. The molecular weight excluding hydrogens is 943 g/mol. The van der Waals surface area contributed by atoms with Crippen LogP contribution in [0, 0.1) is 0 Å². The molecule has 12 aromatic carbocycles. The molecule has 1 aliphatic rings. The highest BCUT2D eigenvalue weighted by molar-refractivity contribution is 6.18. The Labute approximate surface area is 454 Å². The van der Waals surface area contributed by atoms with Crippen molar-refractivity contribution in [3.63, 3.8) is 0 Å². The van der Waals surface area contributed by atoms with Crippen LogP contribution in [0.3, 0.4) is 0 Å². The van der Waals surface area contributed by atoms with Gasteiger partial charge in [0.05, 0.1) is 22.2 Å². The standard InChI is InChI=1S/C75H53N3/c1-75(2)68-47-54(60-32-20-33-65-61(60)44-45-66-72(52-23-10-4-11-24-52)73(53-25-12-5-13-26-53)78(74(65)66)56-29-16-7-17-30-56)37-42-62(68)63-43-40-59(49-69(63)75)76(57-38-35-51(36-39-57)50-21-8-3-9-22-50)58-41-46-71-67(48-58)64-31-18-19-34-70(64)77(71)55-27-14-6-15-28-55/h3-49H,1-2H3. The molecular formula is C75H53N3. The molecule has 15 rings (SSSR count). The van der Waals surface area contributed by atoms with Gasteiger partial charge >= 0.3 is 0 Å². The van der Waals surface area contributed by atoms with E-state index in [4.69, 9.17) is 0 Å². The summed E-state index contributed by atoms with van der Waals surface area (Å²) >= 11 is 0. The Morgan fingerprint density at radius 2 is 0.795 bits per heavy atom. The lowest BCUT2D eigenvalue weighted by atomic mass is 9.81. The normalized spacial score (nSPS) is 12.6. The average molecular weight is 996 g/mol. The summed E-state index contributed by atoms with van der Waals surface area (Å²) in [7, 11) is 0. The van der Waals surface area contributed by atoms with Gasteiger partial charge in [0.15, 0.2) is 0 Å². The van der Waals surface area contributed by atoms with E-state index < -0.39 is 0 Å². The third-order valence-corrected chi connectivity index (χ3v) is 16.5. The highest BCUT2D eigenvalue weighted by Crippen LogP contribution is 2.53. The van der Waals surface area contributed by atoms with Crippen molar-refractivity contribution in [1.82, 2.24) is 9.13 Å². The predicted octanol–water partition coefficient (Wildman–Crippen LogP) is 20.3. The molecule has 14 aromatic rings. The summed E-state index contributed by atoms with van der Waals surface area (Å²) in [5.41, 5.74) is 23.8. The molecule has 0 fully saturated rings. The van der Waals surface area contributed by atoms with Crippen LogP contribution in [0.2, 0.25) is 0 Å². The van der Waals surface area contributed by atoms with E-state index >= 15 is 0 Å². The van der Waals surface area contributed by atoms with Crippen LogP contribution in [-0.2, 0) is 5.41 Å². The maximum Gasteiger partial charge on any atom is 0.0620 e. The molecule has 368 valence electrons. The fraction of sp³-hybridized carbons (Fsp3) is 0.0400. The van der Waals surface area contributed by atoms with Crippen LogP contribution in [0.25, 0.3) is 111 Å². The van der Waals surface area contributed by atoms with Crippen LogP contribution in [0.15, 0.2) is 285 Å². The smallest absolute Gasteiger partial charge is 0.0620 e. The summed E-state index contributed by atoms with van der Waals surface area (Å²) in [5.74, 6) is 0. The van der Waals surface area contributed by atoms with Gasteiger partial charge in [-0.25, -0.2) is 0 Å². The molecule has 1 aliphatic carbocycles. The van der Waals surface area contributed by atoms with Crippen molar-refractivity contribution in [2.75, 3.05) is 4.90 Å². The Hall–Kier alpha value is -9.96. The van der Waals surface area contributed by atoms with Crippen LogP contribution in [0.4, 0.5) is 17.1 Å². The van der Waals surface area contributed by atoms with Gasteiger partial charge in [-0.1, -0.05) is 220 Å². The highest BCUT2D eigenvalue weighted by atomic mass is 15.1. The van der Waals surface area contributed by atoms with E-state index in [0.29, 0.717) is 0 Å². The van der Waals surface area contributed by atoms with Gasteiger partial charge in [-0.05, 0) is 140 Å². The van der Waals surface area contributed by atoms with Crippen molar-refractivity contribution in [3.8, 4) is 67.1 Å². The van der Waals surface area contributed by atoms with Gasteiger partial charge in [-0.15, -0.1) is 0 Å². The summed E-state index contributed by atoms with van der Waals surface area (Å²) in [5, 5.41) is 6.13. The van der Waals surface area contributed by atoms with E-state index in [1.165, 1.54) is 110 Å². The first-order valence-corrected chi connectivity index (χ1v) is 27.1. The van der Waals surface area contributed by atoms with Gasteiger partial charge in [0.25, 0.3) is 0 Å². The van der Waals surface area contributed by atoms with Gasteiger partial charge in [0.1, 0.15) is 0 Å². The van der Waals surface area contributed by atoms with Gasteiger partial charge in [0, 0.05) is 61.0 Å². The quantitative estimate of drug-likeness (QED) is 0.140. The Bertz CT molecular complexity index is 4590. The molecule has 0 saturated heterocycles. The highest BCUT2D eigenvalue weighted by Gasteiger charge is 2.37. The fourth-order valence-corrected chi connectivity index (χ4v) is 12.9. The first-order chi connectivity index (χ1) is 38.5. The number of nitrogens with zero attached hydrogens (tertiary/aromatic N) is 3. The Kier molecular flexibility index (Phi) is 10.6. The van der Waals surface area contributed by atoms with Crippen molar-refractivity contribution < 1.29 is 0 Å². The first kappa shape index (κ1) is 45.4. The Balaban J connectivity index is 0.870. The van der Waals surface area contributed by atoms with E-state index in [2.05, 4.69) is 313 Å². The maximum absolute atomic E-state index is 2.50. The third kappa shape index (κ3) is 7.20. The van der Waals surface area contributed by atoms with E-state index in [0.717, 1.165) is 28.4 Å². The summed E-state index contributed by atoms with van der Waals surface area (Å²) in [4.78, 5) is 2.45. The second-order valence-electron chi connectivity index (χ2n) is 21.2. The van der Waals surface area contributed by atoms with Gasteiger partial charge in [-0.3, -0.25) is 0 Å². The van der Waals surface area contributed by atoms with Crippen molar-refractivity contribution in [1.29, 1.82) is 0 Å². The lowest BCUT2D eigenvalue weighted by molar-refractivity contribution is 0.660. The molecule has 2 heterocycles. The molecule has 0 N–H and O–H groups in total. The molecule has 3 nitrogen and oxygen atoms in total. The molecule has 0 bridgehead atoms. The first-order valence-electron chi connectivity index (χ1n) is 27.1. The third-order valence-electron chi connectivity index (χ3n) is 16.5. The van der Waals surface area contributed by atoms with Crippen molar-refractivity contribution in [2.24, 2.45) is 0 Å². The van der Waals surface area contributed by atoms with Gasteiger partial charge in [0.2, 0.25) is 0 Å². The number of aromatic nitrogens is 2. The number of fused-ring (bicyclic) bond motifs is 9. The molecule has 2 aromatic heterocycles. The summed E-state index contributed by atoms with van der Waals surface area (Å²) < 4.78 is 4.89. The number of hydrogen-bond donors (Lipinski definition) is 0. The fourth-order valence-electron chi connectivity index (χ4n) is 12.9. The molecule has 3 heteroatoms. The minimum atomic E-state index is -0.290. The van der Waals surface area contributed by atoms with E-state index in [1.807, 2.05) is 0 Å². The van der Waals surface area contributed by atoms with Crippen LogP contribution < -0.4 is 4.90 Å². The van der Waals surface area contributed by atoms with Crippen molar-refractivity contribution in [2.45, 2.75) is 19.3 Å². The lowest BCUT2D eigenvalue weighted by Gasteiger charge is -2.28. The van der Waals surface area contributed by atoms with Crippen LogP contribution in [0.1, 0.15) is 25.0 Å². The van der Waals surface area contributed by atoms with Crippen molar-refractivity contribution >= 4 is 60.5 Å². The van der Waals surface area contributed by atoms with E-state index in [9.17, 15) is 0 Å². The number of benzene rings is 12. The van der Waals surface area contributed by atoms with Crippen LogP contribution in [-0.4, -0.2) is 9.13 Å². The molecule has 0 amide bonds. The Morgan fingerprint density at radius 3 is 1.50 bits per heavy atom. The number of rotatable bonds is 9. The number of para-hydroxylation sites is 3. The monoisotopic (exact) mass is 995 g/mol. The van der Waals surface area contributed by atoms with Crippen LogP contribution >= 0.6 is 0 Å². The molecule has 0 unspecified atom stereocenters. The zero-order valence-electron chi connectivity index (χ0n) is 43.5. The number of hydrogen-bond acceptors (Lipinski definition) is 1. The maximum atomic E-state index is 2.50. The lowest BCUT2D eigenvalue weighted by Crippen LogP contribution is -2.16.